The molecule has 1 N–H and O–H groups in total. The Morgan fingerprint density at radius 2 is 2.06 bits per heavy atom. The lowest BCUT2D eigenvalue weighted by atomic mass is 9.92. The van der Waals surface area contributed by atoms with Crippen LogP contribution in [0.4, 0.5) is 0 Å². The van der Waals surface area contributed by atoms with E-state index in [1.165, 1.54) is 25.8 Å². The van der Waals surface area contributed by atoms with Crippen molar-refractivity contribution >= 4 is 0 Å². The highest BCUT2D eigenvalue weighted by molar-refractivity contribution is 4.96. The fraction of sp³-hybridized carbons (Fsp3) is 1.00. The molecule has 0 amide bonds. The zero-order valence-corrected chi connectivity index (χ0v) is 12.5. The molecule has 2 aliphatic rings. The van der Waals surface area contributed by atoms with Crippen molar-refractivity contribution in [2.24, 2.45) is 11.8 Å². The highest BCUT2D eigenvalue weighted by Crippen LogP contribution is 2.35. The molecule has 3 heteroatoms. The van der Waals surface area contributed by atoms with Crippen molar-refractivity contribution < 1.29 is 4.74 Å². The third-order valence-corrected chi connectivity index (χ3v) is 4.89. The molecular formula is C15H30N2O. The van der Waals surface area contributed by atoms with Gasteiger partial charge in [0.25, 0.3) is 0 Å². The summed E-state index contributed by atoms with van der Waals surface area (Å²) >= 11 is 0. The standard InChI is InChI=1S/C15H30N2O/c1-5-11(2)15-8-16-14(13-6-7-13)9-17(15)12(3)10-18-4/h11-16H,5-10H2,1-4H3. The first-order valence-corrected chi connectivity index (χ1v) is 7.65. The van der Waals surface area contributed by atoms with Gasteiger partial charge in [0, 0.05) is 38.3 Å². The van der Waals surface area contributed by atoms with Crippen LogP contribution in [0.1, 0.15) is 40.0 Å². The summed E-state index contributed by atoms with van der Waals surface area (Å²) in [6, 6.07) is 1.94. The van der Waals surface area contributed by atoms with E-state index in [1.807, 2.05) is 7.11 Å². The summed E-state index contributed by atoms with van der Waals surface area (Å²) < 4.78 is 5.37. The normalized spacial score (nSPS) is 33.3. The van der Waals surface area contributed by atoms with Crippen LogP contribution < -0.4 is 5.32 Å². The Kier molecular flexibility index (Phi) is 5.05. The van der Waals surface area contributed by atoms with Gasteiger partial charge in [-0.1, -0.05) is 20.3 Å². The number of hydrogen-bond acceptors (Lipinski definition) is 3. The number of ether oxygens (including phenoxy) is 1. The number of piperazine rings is 1. The molecule has 1 aliphatic carbocycles. The second kappa shape index (κ2) is 6.36. The molecule has 18 heavy (non-hydrogen) atoms. The molecular weight excluding hydrogens is 224 g/mol. The van der Waals surface area contributed by atoms with Crippen LogP contribution in [0.15, 0.2) is 0 Å². The van der Waals surface area contributed by atoms with Gasteiger partial charge < -0.3 is 10.1 Å². The van der Waals surface area contributed by atoms with Crippen molar-refractivity contribution in [3.8, 4) is 0 Å². The highest BCUT2D eigenvalue weighted by atomic mass is 16.5. The van der Waals surface area contributed by atoms with Crippen LogP contribution >= 0.6 is 0 Å². The first kappa shape index (κ1) is 14.3. The monoisotopic (exact) mass is 254 g/mol. The lowest BCUT2D eigenvalue weighted by Gasteiger charge is -2.46. The van der Waals surface area contributed by atoms with Gasteiger partial charge in [0.2, 0.25) is 0 Å². The first-order valence-electron chi connectivity index (χ1n) is 7.65. The second-order valence-electron chi connectivity index (χ2n) is 6.31. The number of nitrogens with one attached hydrogen (secondary N) is 1. The lowest BCUT2D eigenvalue weighted by Crippen LogP contribution is -2.62. The number of methoxy groups -OCH3 is 1. The van der Waals surface area contributed by atoms with E-state index in [-0.39, 0.29) is 0 Å². The van der Waals surface area contributed by atoms with Crippen molar-refractivity contribution in [2.75, 3.05) is 26.8 Å². The Hall–Kier alpha value is -0.120. The van der Waals surface area contributed by atoms with E-state index in [0.29, 0.717) is 12.1 Å². The van der Waals surface area contributed by atoms with Gasteiger partial charge in [-0.3, -0.25) is 4.90 Å². The SMILES string of the molecule is CCC(C)C1CNC(C2CC2)CN1C(C)COC. The maximum atomic E-state index is 5.37. The topological polar surface area (TPSA) is 24.5 Å². The molecule has 2 fully saturated rings. The van der Waals surface area contributed by atoms with Gasteiger partial charge in [-0.15, -0.1) is 0 Å². The fourth-order valence-corrected chi connectivity index (χ4v) is 3.27. The summed E-state index contributed by atoms with van der Waals surface area (Å²) in [6.07, 6.45) is 4.12. The smallest absolute Gasteiger partial charge is 0.0615 e. The first-order chi connectivity index (χ1) is 8.67. The van der Waals surface area contributed by atoms with E-state index in [9.17, 15) is 0 Å². The van der Waals surface area contributed by atoms with Gasteiger partial charge in [0.1, 0.15) is 0 Å². The predicted octanol–water partition coefficient (Wildman–Crippen LogP) is 2.12. The maximum absolute atomic E-state index is 5.37. The largest absolute Gasteiger partial charge is 0.383 e. The molecule has 2 rings (SSSR count). The Morgan fingerprint density at radius 3 is 2.61 bits per heavy atom. The second-order valence-corrected chi connectivity index (χ2v) is 6.31. The average Bonchev–Trinajstić information content (AvgIpc) is 3.21. The molecule has 4 unspecified atom stereocenters. The summed E-state index contributed by atoms with van der Waals surface area (Å²) in [5.41, 5.74) is 0. The van der Waals surface area contributed by atoms with Gasteiger partial charge >= 0.3 is 0 Å². The van der Waals surface area contributed by atoms with Crippen LogP contribution in [0.5, 0.6) is 0 Å². The molecule has 1 saturated carbocycles. The third kappa shape index (κ3) is 3.25. The van der Waals surface area contributed by atoms with Crippen LogP contribution in [0, 0.1) is 11.8 Å². The quantitative estimate of drug-likeness (QED) is 0.786. The molecule has 0 aromatic carbocycles. The molecule has 0 aromatic rings. The molecule has 3 nitrogen and oxygen atoms in total. The van der Waals surface area contributed by atoms with Crippen LogP contribution in [-0.4, -0.2) is 49.8 Å². The molecule has 1 saturated heterocycles. The fourth-order valence-electron chi connectivity index (χ4n) is 3.27. The van der Waals surface area contributed by atoms with E-state index in [2.05, 4.69) is 31.0 Å². The summed E-state index contributed by atoms with van der Waals surface area (Å²) in [7, 11) is 1.81. The Bertz CT molecular complexity index is 255. The highest BCUT2D eigenvalue weighted by Gasteiger charge is 2.39. The van der Waals surface area contributed by atoms with Gasteiger partial charge in [-0.2, -0.15) is 0 Å². The third-order valence-electron chi connectivity index (χ3n) is 4.89. The summed E-state index contributed by atoms with van der Waals surface area (Å²) in [5.74, 6) is 1.71. The molecule has 0 spiro atoms. The summed E-state index contributed by atoms with van der Waals surface area (Å²) in [6.45, 7) is 10.2. The van der Waals surface area contributed by atoms with Crippen LogP contribution in [-0.2, 0) is 4.74 Å². The number of rotatable bonds is 6. The zero-order chi connectivity index (χ0) is 13.1. The maximum Gasteiger partial charge on any atom is 0.0615 e. The van der Waals surface area contributed by atoms with Crippen molar-refractivity contribution in [3.63, 3.8) is 0 Å². The van der Waals surface area contributed by atoms with Crippen LogP contribution in [0.25, 0.3) is 0 Å². The molecule has 106 valence electrons. The molecule has 1 aliphatic heterocycles. The molecule has 0 radical (unpaired) electrons. The predicted molar refractivity (Wildman–Crippen MR) is 75.8 cm³/mol. The van der Waals surface area contributed by atoms with Crippen molar-refractivity contribution in [3.05, 3.63) is 0 Å². The van der Waals surface area contributed by atoms with Gasteiger partial charge in [0.05, 0.1) is 6.61 Å². The minimum Gasteiger partial charge on any atom is -0.383 e. The van der Waals surface area contributed by atoms with E-state index < -0.39 is 0 Å². The van der Waals surface area contributed by atoms with Crippen molar-refractivity contribution in [1.29, 1.82) is 0 Å². The lowest BCUT2D eigenvalue weighted by molar-refractivity contribution is 0.0174. The van der Waals surface area contributed by atoms with Crippen molar-refractivity contribution in [2.45, 2.75) is 58.2 Å². The van der Waals surface area contributed by atoms with Crippen molar-refractivity contribution in [1.82, 2.24) is 10.2 Å². The average molecular weight is 254 g/mol. The minimum atomic E-state index is 0.539. The summed E-state index contributed by atoms with van der Waals surface area (Å²) in [5, 5.41) is 3.79. The van der Waals surface area contributed by atoms with E-state index >= 15 is 0 Å². The number of hydrogen-bond donors (Lipinski definition) is 1. The molecule has 1 heterocycles. The zero-order valence-electron chi connectivity index (χ0n) is 12.5. The van der Waals surface area contributed by atoms with Gasteiger partial charge in [-0.05, 0) is 31.6 Å². The molecule has 4 atom stereocenters. The van der Waals surface area contributed by atoms with Gasteiger partial charge in [0.15, 0.2) is 0 Å². The van der Waals surface area contributed by atoms with E-state index in [0.717, 1.165) is 31.0 Å². The molecule has 0 bridgehead atoms. The van der Waals surface area contributed by atoms with E-state index in [1.54, 1.807) is 0 Å². The molecule has 0 aromatic heterocycles. The van der Waals surface area contributed by atoms with Crippen LogP contribution in [0.2, 0.25) is 0 Å². The summed E-state index contributed by atoms with van der Waals surface area (Å²) in [4.78, 5) is 2.71. The Balaban J connectivity index is 1.99. The number of nitrogens with zero attached hydrogens (tertiary/aromatic N) is 1. The minimum absolute atomic E-state index is 0.539. The van der Waals surface area contributed by atoms with Gasteiger partial charge in [-0.25, -0.2) is 0 Å². The van der Waals surface area contributed by atoms with E-state index in [4.69, 9.17) is 4.74 Å². The Morgan fingerprint density at radius 1 is 1.33 bits per heavy atom. The Labute approximate surface area is 112 Å². The van der Waals surface area contributed by atoms with Crippen LogP contribution in [0.3, 0.4) is 0 Å².